The fourth-order valence-corrected chi connectivity index (χ4v) is 3.39. The Morgan fingerprint density at radius 2 is 1.52 bits per heavy atom. The Morgan fingerprint density at radius 1 is 0.905 bits per heavy atom. The fraction of sp³-hybridized carbons (Fsp3) is 0.368. The minimum atomic E-state index is 0.262. The molecule has 1 fully saturated rings. The molecule has 2 heteroatoms. The highest BCUT2D eigenvalue weighted by Gasteiger charge is 2.31. The van der Waals surface area contributed by atoms with Crippen LogP contribution in [0.2, 0.25) is 0 Å². The fourth-order valence-electron chi connectivity index (χ4n) is 3.39. The van der Waals surface area contributed by atoms with E-state index in [1.54, 1.807) is 0 Å². The summed E-state index contributed by atoms with van der Waals surface area (Å²) in [5, 5.41) is 9.66. The van der Waals surface area contributed by atoms with E-state index >= 15 is 0 Å². The van der Waals surface area contributed by atoms with E-state index in [0.717, 1.165) is 25.9 Å². The van der Waals surface area contributed by atoms with Crippen LogP contribution in [0.5, 0.6) is 0 Å². The maximum atomic E-state index is 9.66. The summed E-state index contributed by atoms with van der Waals surface area (Å²) in [6.45, 7) is 2.28. The predicted molar refractivity (Wildman–Crippen MR) is 86.0 cm³/mol. The van der Waals surface area contributed by atoms with Gasteiger partial charge in [0.15, 0.2) is 0 Å². The average molecular weight is 281 g/mol. The van der Waals surface area contributed by atoms with Crippen LogP contribution in [0.4, 0.5) is 0 Å². The molecule has 0 spiro atoms. The van der Waals surface area contributed by atoms with Crippen LogP contribution in [0.1, 0.15) is 17.5 Å². The van der Waals surface area contributed by atoms with Crippen molar-refractivity contribution in [1.29, 1.82) is 0 Å². The summed E-state index contributed by atoms with van der Waals surface area (Å²) in [6, 6.07) is 21.5. The van der Waals surface area contributed by atoms with Gasteiger partial charge in [0.1, 0.15) is 0 Å². The molecular weight excluding hydrogens is 258 g/mol. The lowest BCUT2D eigenvalue weighted by atomic mass is 9.97. The topological polar surface area (TPSA) is 23.5 Å². The molecule has 0 aromatic heterocycles. The minimum Gasteiger partial charge on any atom is -0.395 e. The molecule has 2 nitrogen and oxygen atoms in total. The van der Waals surface area contributed by atoms with Gasteiger partial charge >= 0.3 is 0 Å². The Bertz CT molecular complexity index is 540. The third-order valence-corrected chi connectivity index (χ3v) is 4.42. The van der Waals surface area contributed by atoms with Crippen molar-refractivity contribution in [1.82, 2.24) is 4.90 Å². The second-order valence-corrected chi connectivity index (χ2v) is 6.04. The maximum Gasteiger partial charge on any atom is 0.0587 e. The quantitative estimate of drug-likeness (QED) is 0.910. The molecule has 0 amide bonds. The Kier molecular flexibility index (Phi) is 4.69. The van der Waals surface area contributed by atoms with Crippen molar-refractivity contribution in [2.45, 2.75) is 25.4 Å². The van der Waals surface area contributed by atoms with Crippen LogP contribution in [0.25, 0.3) is 0 Å². The van der Waals surface area contributed by atoms with Crippen molar-refractivity contribution >= 4 is 0 Å². The maximum absolute atomic E-state index is 9.66. The zero-order chi connectivity index (χ0) is 14.5. The molecule has 0 radical (unpaired) electrons. The first-order valence-electron chi connectivity index (χ1n) is 7.78. The van der Waals surface area contributed by atoms with E-state index in [2.05, 4.69) is 65.6 Å². The highest BCUT2D eigenvalue weighted by Crippen LogP contribution is 2.27. The summed E-state index contributed by atoms with van der Waals surface area (Å²) in [5.74, 6) is 0.647. The Labute approximate surface area is 127 Å². The van der Waals surface area contributed by atoms with Gasteiger partial charge in [0, 0.05) is 19.1 Å². The molecule has 2 atom stereocenters. The van der Waals surface area contributed by atoms with Crippen LogP contribution in [0, 0.1) is 5.92 Å². The Hall–Kier alpha value is -1.64. The van der Waals surface area contributed by atoms with Crippen LogP contribution in [-0.4, -0.2) is 29.2 Å². The number of likely N-dealkylation sites (tertiary alicyclic amines) is 1. The molecule has 1 saturated heterocycles. The highest BCUT2D eigenvalue weighted by molar-refractivity contribution is 5.17. The molecule has 21 heavy (non-hydrogen) atoms. The Balaban J connectivity index is 1.63. The molecule has 110 valence electrons. The van der Waals surface area contributed by atoms with Gasteiger partial charge in [-0.3, -0.25) is 4.90 Å². The van der Waals surface area contributed by atoms with Gasteiger partial charge in [-0.1, -0.05) is 60.7 Å². The second kappa shape index (κ2) is 6.88. The molecule has 2 aromatic carbocycles. The van der Waals surface area contributed by atoms with Gasteiger partial charge in [0.05, 0.1) is 6.61 Å². The van der Waals surface area contributed by atoms with Crippen molar-refractivity contribution in [2.75, 3.05) is 13.2 Å². The minimum absolute atomic E-state index is 0.262. The van der Waals surface area contributed by atoms with Gasteiger partial charge in [-0.05, 0) is 29.9 Å². The zero-order valence-electron chi connectivity index (χ0n) is 12.4. The molecule has 1 aliphatic rings. The second-order valence-electron chi connectivity index (χ2n) is 6.04. The van der Waals surface area contributed by atoms with E-state index in [-0.39, 0.29) is 6.61 Å². The molecule has 0 bridgehead atoms. The summed E-state index contributed by atoms with van der Waals surface area (Å²) in [7, 11) is 0. The van der Waals surface area contributed by atoms with Gasteiger partial charge in [0.2, 0.25) is 0 Å². The van der Waals surface area contributed by atoms with E-state index in [1.807, 2.05) is 0 Å². The third-order valence-electron chi connectivity index (χ3n) is 4.42. The molecule has 0 unspecified atom stereocenters. The summed E-state index contributed by atoms with van der Waals surface area (Å²) in [6.07, 6.45) is 2.21. The lowest BCUT2D eigenvalue weighted by Crippen LogP contribution is -2.31. The number of nitrogens with zero attached hydrogens (tertiary/aromatic N) is 1. The van der Waals surface area contributed by atoms with Crippen molar-refractivity contribution in [3.05, 3.63) is 71.8 Å². The molecule has 2 aromatic rings. The van der Waals surface area contributed by atoms with Crippen LogP contribution in [0.15, 0.2) is 60.7 Å². The summed E-state index contributed by atoms with van der Waals surface area (Å²) >= 11 is 0. The molecule has 0 aliphatic carbocycles. The van der Waals surface area contributed by atoms with E-state index in [1.165, 1.54) is 11.1 Å². The normalized spacial score (nSPS) is 22.5. The predicted octanol–water partition coefficient (Wildman–Crippen LogP) is 3.11. The highest BCUT2D eigenvalue weighted by atomic mass is 16.3. The Morgan fingerprint density at radius 3 is 2.14 bits per heavy atom. The van der Waals surface area contributed by atoms with Crippen LogP contribution >= 0.6 is 0 Å². The summed E-state index contributed by atoms with van der Waals surface area (Å²) in [5.41, 5.74) is 2.73. The summed E-state index contributed by atoms with van der Waals surface area (Å²) in [4.78, 5) is 2.43. The third kappa shape index (κ3) is 3.72. The first kappa shape index (κ1) is 14.3. The zero-order valence-corrected chi connectivity index (χ0v) is 12.4. The van der Waals surface area contributed by atoms with Gasteiger partial charge in [-0.2, -0.15) is 0 Å². The lowest BCUT2D eigenvalue weighted by molar-refractivity contribution is 0.153. The molecule has 1 aliphatic heterocycles. The largest absolute Gasteiger partial charge is 0.395 e. The van der Waals surface area contributed by atoms with E-state index in [0.29, 0.717) is 12.0 Å². The number of aliphatic hydroxyl groups is 1. The number of hydrogen-bond donors (Lipinski definition) is 1. The van der Waals surface area contributed by atoms with Crippen LogP contribution in [0.3, 0.4) is 0 Å². The van der Waals surface area contributed by atoms with Gasteiger partial charge in [-0.15, -0.1) is 0 Å². The monoisotopic (exact) mass is 281 g/mol. The van der Waals surface area contributed by atoms with Gasteiger partial charge < -0.3 is 5.11 Å². The number of rotatable bonds is 5. The van der Waals surface area contributed by atoms with E-state index in [9.17, 15) is 5.11 Å². The van der Waals surface area contributed by atoms with Crippen LogP contribution < -0.4 is 0 Å². The summed E-state index contributed by atoms with van der Waals surface area (Å²) < 4.78 is 0. The smallest absolute Gasteiger partial charge is 0.0587 e. The van der Waals surface area contributed by atoms with Crippen molar-refractivity contribution in [3.8, 4) is 0 Å². The molecule has 1 N–H and O–H groups in total. The van der Waals surface area contributed by atoms with Gasteiger partial charge in [-0.25, -0.2) is 0 Å². The molecule has 0 saturated carbocycles. The standard InChI is InChI=1S/C19H23NO/c21-15-19-12-18(11-16-7-3-1-4-8-16)14-20(19)13-17-9-5-2-6-10-17/h1-10,18-19,21H,11-15H2/t18-,19+/m1/s1. The number of aliphatic hydroxyl groups excluding tert-OH is 1. The van der Waals surface area contributed by atoms with Crippen molar-refractivity contribution < 1.29 is 5.11 Å². The van der Waals surface area contributed by atoms with E-state index in [4.69, 9.17) is 0 Å². The lowest BCUT2D eigenvalue weighted by Gasteiger charge is -2.22. The van der Waals surface area contributed by atoms with Gasteiger partial charge in [0.25, 0.3) is 0 Å². The first-order chi connectivity index (χ1) is 10.3. The molecular formula is C19H23NO. The average Bonchev–Trinajstić information content (AvgIpc) is 2.91. The van der Waals surface area contributed by atoms with E-state index < -0.39 is 0 Å². The number of benzene rings is 2. The first-order valence-corrected chi connectivity index (χ1v) is 7.78. The van der Waals surface area contributed by atoms with Crippen molar-refractivity contribution in [3.63, 3.8) is 0 Å². The number of hydrogen-bond acceptors (Lipinski definition) is 2. The van der Waals surface area contributed by atoms with Crippen LogP contribution in [-0.2, 0) is 13.0 Å². The molecule has 1 heterocycles. The van der Waals surface area contributed by atoms with Crippen molar-refractivity contribution in [2.24, 2.45) is 5.92 Å². The SMILES string of the molecule is OC[C@@H]1C[C@@H](Cc2ccccc2)CN1Cc1ccccc1. The molecule has 3 rings (SSSR count).